The van der Waals surface area contributed by atoms with E-state index in [0.29, 0.717) is 61.4 Å². The lowest BCUT2D eigenvalue weighted by Crippen LogP contribution is -2.43. The molecule has 1 aliphatic heterocycles. The predicted molar refractivity (Wildman–Crippen MR) is 144 cm³/mol. The van der Waals surface area contributed by atoms with Crippen LogP contribution >= 0.6 is 11.3 Å². The third-order valence-corrected chi connectivity index (χ3v) is 7.43. The minimum absolute atomic E-state index is 0.312. The van der Waals surface area contributed by atoms with Crippen molar-refractivity contribution in [3.05, 3.63) is 30.1 Å². The Bertz CT molecular complexity index is 1310. The maximum atomic E-state index is 12.0. The number of aliphatic carboxylic acids is 1. The fraction of sp³-hybridized carbons (Fsp3) is 0.440. The Kier molecular flexibility index (Phi) is 7.86. The van der Waals surface area contributed by atoms with Gasteiger partial charge in [-0.1, -0.05) is 16.5 Å². The number of nitrogens with zero attached hydrogens (tertiary/aromatic N) is 5. The molecule has 37 heavy (non-hydrogen) atoms. The second kappa shape index (κ2) is 11.1. The maximum absolute atomic E-state index is 12.0. The van der Waals surface area contributed by atoms with Gasteiger partial charge in [0, 0.05) is 43.2 Å². The fourth-order valence-corrected chi connectivity index (χ4v) is 5.09. The van der Waals surface area contributed by atoms with Gasteiger partial charge in [-0.05, 0) is 58.2 Å². The van der Waals surface area contributed by atoms with Crippen molar-refractivity contribution in [3.63, 3.8) is 0 Å². The normalized spacial score (nSPS) is 15.5. The monoisotopic (exact) mass is 525 g/mol. The molecule has 12 heteroatoms. The molecule has 0 atom stereocenters. The largest absolute Gasteiger partial charge is 0.481 e. The van der Waals surface area contributed by atoms with E-state index in [1.807, 2.05) is 37.8 Å². The van der Waals surface area contributed by atoms with Gasteiger partial charge in [-0.3, -0.25) is 10.1 Å². The second-order valence-electron chi connectivity index (χ2n) is 9.09. The zero-order valence-electron chi connectivity index (χ0n) is 21.4. The molecule has 11 nitrogen and oxygen atoms in total. The summed E-state index contributed by atoms with van der Waals surface area (Å²) in [5, 5.41) is 19.7. The van der Waals surface area contributed by atoms with E-state index in [-0.39, 0.29) is 6.03 Å². The number of fused-ring (bicyclic) bond motifs is 1. The highest BCUT2D eigenvalue weighted by atomic mass is 32.1. The van der Waals surface area contributed by atoms with Crippen LogP contribution in [0.2, 0.25) is 0 Å². The minimum Gasteiger partial charge on any atom is -0.481 e. The van der Waals surface area contributed by atoms with Gasteiger partial charge in [0.05, 0.1) is 21.3 Å². The molecule has 0 radical (unpaired) electrons. The van der Waals surface area contributed by atoms with Gasteiger partial charge in [0.25, 0.3) is 0 Å². The van der Waals surface area contributed by atoms with Crippen LogP contribution in [-0.4, -0.2) is 64.0 Å². The SMILES string of the molecule is CCNC(=O)Nc1nc2cc(-c3cnc(N4CCC(C)(C(=O)O)CC4)nc3)cc(/C(C)=N/OCC)c2s1. The van der Waals surface area contributed by atoms with Gasteiger partial charge in [0.1, 0.15) is 6.61 Å². The first kappa shape index (κ1) is 26.3. The summed E-state index contributed by atoms with van der Waals surface area (Å²) in [7, 11) is 0. The summed E-state index contributed by atoms with van der Waals surface area (Å²) in [6.07, 6.45) is 4.60. The van der Waals surface area contributed by atoms with Crippen molar-refractivity contribution in [3.8, 4) is 11.1 Å². The summed E-state index contributed by atoms with van der Waals surface area (Å²) >= 11 is 1.37. The molecule has 0 aliphatic carbocycles. The first-order valence-electron chi connectivity index (χ1n) is 12.2. The smallest absolute Gasteiger partial charge is 0.321 e. The van der Waals surface area contributed by atoms with E-state index in [9.17, 15) is 14.7 Å². The molecule has 3 N–H and O–H groups in total. The standard InChI is InChI=1S/C25H31N7O4S/c1-5-26-23(35)30-24-29-19-12-16(11-18(20(19)37-24)15(3)31-36-6-2)17-13-27-22(28-14-17)32-9-7-25(4,8-10-32)21(33)34/h11-14H,5-10H2,1-4H3,(H,33,34)(H2,26,29,30,35)/b31-15+. The van der Waals surface area contributed by atoms with Gasteiger partial charge in [-0.25, -0.2) is 19.7 Å². The number of aromatic nitrogens is 3. The lowest BCUT2D eigenvalue weighted by molar-refractivity contribution is -0.149. The molecule has 3 aromatic rings. The molecule has 1 aliphatic rings. The van der Waals surface area contributed by atoms with E-state index >= 15 is 0 Å². The number of carboxylic acids is 1. The van der Waals surface area contributed by atoms with Crippen LogP contribution < -0.4 is 15.5 Å². The van der Waals surface area contributed by atoms with E-state index < -0.39 is 11.4 Å². The summed E-state index contributed by atoms with van der Waals surface area (Å²) < 4.78 is 0.879. The number of benzene rings is 1. The van der Waals surface area contributed by atoms with E-state index in [4.69, 9.17) is 4.84 Å². The Morgan fingerprint density at radius 2 is 1.89 bits per heavy atom. The van der Waals surface area contributed by atoms with Crippen molar-refractivity contribution in [1.29, 1.82) is 0 Å². The van der Waals surface area contributed by atoms with Crippen molar-refractivity contribution in [1.82, 2.24) is 20.3 Å². The highest BCUT2D eigenvalue weighted by Gasteiger charge is 2.37. The van der Waals surface area contributed by atoms with Gasteiger partial charge in [0.2, 0.25) is 5.95 Å². The Balaban J connectivity index is 1.64. The number of oxime groups is 1. The highest BCUT2D eigenvalue weighted by molar-refractivity contribution is 7.22. The lowest BCUT2D eigenvalue weighted by Gasteiger charge is -2.36. The number of amides is 2. The number of carboxylic acid groups (broad SMARTS) is 1. The third kappa shape index (κ3) is 5.79. The van der Waals surface area contributed by atoms with Gasteiger partial charge < -0.3 is 20.2 Å². The molecule has 0 saturated carbocycles. The number of thiazole rings is 1. The molecular weight excluding hydrogens is 494 g/mol. The Labute approximate surface area is 219 Å². The molecule has 1 aromatic carbocycles. The van der Waals surface area contributed by atoms with Crippen LogP contribution in [0.3, 0.4) is 0 Å². The number of hydrogen-bond acceptors (Lipinski definition) is 9. The number of carbonyl (C=O) groups is 2. The Morgan fingerprint density at radius 3 is 2.51 bits per heavy atom. The fourth-order valence-electron chi connectivity index (χ4n) is 4.08. The predicted octanol–water partition coefficient (Wildman–Crippen LogP) is 4.35. The van der Waals surface area contributed by atoms with Gasteiger partial charge in [0.15, 0.2) is 5.13 Å². The number of carbonyl (C=O) groups excluding carboxylic acids is 1. The van der Waals surface area contributed by atoms with Gasteiger partial charge >= 0.3 is 12.0 Å². The number of nitrogens with one attached hydrogen (secondary N) is 2. The first-order chi connectivity index (χ1) is 17.7. The average Bonchev–Trinajstić information content (AvgIpc) is 3.29. The molecule has 4 rings (SSSR count). The summed E-state index contributed by atoms with van der Waals surface area (Å²) in [5.41, 5.74) is 3.19. The van der Waals surface area contributed by atoms with Crippen molar-refractivity contribution in [2.45, 2.75) is 40.5 Å². The Hall–Kier alpha value is -3.80. The average molecular weight is 526 g/mol. The molecular formula is C25H31N7O4S. The molecule has 1 fully saturated rings. The summed E-state index contributed by atoms with van der Waals surface area (Å²) in [5.74, 6) is -0.183. The number of rotatable bonds is 8. The molecule has 1 saturated heterocycles. The van der Waals surface area contributed by atoms with Crippen molar-refractivity contribution in [2.75, 3.05) is 36.5 Å². The zero-order chi connectivity index (χ0) is 26.6. The van der Waals surface area contributed by atoms with Crippen LogP contribution in [0.5, 0.6) is 0 Å². The van der Waals surface area contributed by atoms with Crippen molar-refractivity contribution >= 4 is 50.3 Å². The molecule has 196 valence electrons. The number of hydrogen-bond donors (Lipinski definition) is 3. The van der Waals surface area contributed by atoms with Crippen LogP contribution in [-0.2, 0) is 9.63 Å². The molecule has 2 aromatic heterocycles. The molecule has 2 amide bonds. The molecule has 3 heterocycles. The Morgan fingerprint density at radius 1 is 1.19 bits per heavy atom. The number of anilines is 2. The van der Waals surface area contributed by atoms with E-state index in [0.717, 1.165) is 21.4 Å². The number of piperidine rings is 1. The van der Waals surface area contributed by atoms with Crippen LogP contribution in [0.1, 0.15) is 46.1 Å². The zero-order valence-corrected chi connectivity index (χ0v) is 22.2. The number of urea groups is 1. The van der Waals surface area contributed by atoms with E-state index in [2.05, 4.69) is 30.7 Å². The van der Waals surface area contributed by atoms with E-state index in [1.165, 1.54) is 11.3 Å². The van der Waals surface area contributed by atoms with Crippen LogP contribution in [0, 0.1) is 5.41 Å². The van der Waals surface area contributed by atoms with Crippen molar-refractivity contribution < 1.29 is 19.5 Å². The quantitative estimate of drug-likeness (QED) is 0.291. The van der Waals surface area contributed by atoms with Crippen LogP contribution in [0.25, 0.3) is 21.3 Å². The van der Waals surface area contributed by atoms with Crippen LogP contribution in [0.4, 0.5) is 15.9 Å². The molecule has 0 bridgehead atoms. The third-order valence-electron chi connectivity index (χ3n) is 6.41. The second-order valence-corrected chi connectivity index (χ2v) is 10.1. The minimum atomic E-state index is -0.760. The van der Waals surface area contributed by atoms with Gasteiger partial charge in [-0.15, -0.1) is 0 Å². The summed E-state index contributed by atoms with van der Waals surface area (Å²) in [4.78, 5) is 44.6. The van der Waals surface area contributed by atoms with Gasteiger partial charge in [-0.2, -0.15) is 0 Å². The maximum Gasteiger partial charge on any atom is 0.321 e. The van der Waals surface area contributed by atoms with E-state index in [1.54, 1.807) is 19.3 Å². The highest BCUT2D eigenvalue weighted by Crippen LogP contribution is 2.35. The topological polar surface area (TPSA) is 142 Å². The summed E-state index contributed by atoms with van der Waals surface area (Å²) in [6, 6.07) is 3.61. The van der Waals surface area contributed by atoms with Crippen LogP contribution in [0.15, 0.2) is 29.7 Å². The van der Waals surface area contributed by atoms with Crippen molar-refractivity contribution in [2.24, 2.45) is 10.6 Å². The first-order valence-corrected chi connectivity index (χ1v) is 13.0. The lowest BCUT2D eigenvalue weighted by atomic mass is 9.80. The molecule has 0 unspecified atom stereocenters. The molecule has 0 spiro atoms. The summed E-state index contributed by atoms with van der Waals surface area (Å²) in [6.45, 7) is 9.51.